The van der Waals surface area contributed by atoms with Gasteiger partial charge in [0, 0.05) is 32.3 Å². The van der Waals surface area contributed by atoms with Crippen molar-refractivity contribution >= 4 is 38.3 Å². The van der Waals surface area contributed by atoms with Crippen molar-refractivity contribution in [1.82, 2.24) is 2.95 Å². The third-order valence-corrected chi connectivity index (χ3v) is 1.98. The summed E-state index contributed by atoms with van der Waals surface area (Å²) in [5, 5.41) is 8.61. The molecule has 0 aliphatic carbocycles. The van der Waals surface area contributed by atoms with E-state index in [1.54, 1.807) is 0 Å². The second-order valence-corrected chi connectivity index (χ2v) is 4.77. The van der Waals surface area contributed by atoms with Crippen molar-refractivity contribution in [3.63, 3.8) is 0 Å². The first kappa shape index (κ1) is 10.4. The molecular formula is C5H9Br2NO2. The average Bonchev–Trinajstić information content (AvgIpc) is 1.59. The highest BCUT2D eigenvalue weighted by Crippen LogP contribution is 2.18. The van der Waals surface area contributed by atoms with Gasteiger partial charge in [0.15, 0.2) is 0 Å². The van der Waals surface area contributed by atoms with Crippen LogP contribution in [0.1, 0.15) is 13.8 Å². The van der Waals surface area contributed by atoms with Gasteiger partial charge in [0.25, 0.3) is 0 Å². The zero-order valence-electron chi connectivity index (χ0n) is 5.71. The summed E-state index contributed by atoms with van der Waals surface area (Å²) in [7, 11) is 0. The molecule has 0 saturated heterocycles. The van der Waals surface area contributed by atoms with Crippen LogP contribution >= 0.6 is 32.3 Å². The fourth-order valence-corrected chi connectivity index (χ4v) is 1.89. The molecule has 0 amide bonds. The Balaban J connectivity index is 4.12. The van der Waals surface area contributed by atoms with Crippen molar-refractivity contribution in [2.75, 3.05) is 0 Å². The fraction of sp³-hybridized carbons (Fsp3) is 0.800. The molecule has 0 aromatic carbocycles. The maximum atomic E-state index is 10.5. The minimum Gasteiger partial charge on any atom is -0.480 e. The van der Waals surface area contributed by atoms with Crippen molar-refractivity contribution in [3.05, 3.63) is 0 Å². The van der Waals surface area contributed by atoms with Gasteiger partial charge < -0.3 is 5.11 Å². The van der Waals surface area contributed by atoms with Gasteiger partial charge in [-0.25, -0.2) is 0 Å². The Morgan fingerprint density at radius 1 is 1.50 bits per heavy atom. The van der Waals surface area contributed by atoms with Gasteiger partial charge in [0.2, 0.25) is 0 Å². The largest absolute Gasteiger partial charge is 0.480 e. The molecule has 0 saturated carbocycles. The van der Waals surface area contributed by atoms with Crippen LogP contribution in [0.5, 0.6) is 0 Å². The van der Waals surface area contributed by atoms with Crippen LogP contribution in [0.3, 0.4) is 0 Å². The Kier molecular flexibility index (Phi) is 4.47. The van der Waals surface area contributed by atoms with Crippen molar-refractivity contribution in [2.45, 2.75) is 19.9 Å². The lowest BCUT2D eigenvalue weighted by molar-refractivity contribution is -0.141. The summed E-state index contributed by atoms with van der Waals surface area (Å²) in [6.07, 6.45) is 0. The number of nitrogens with zero attached hydrogens (tertiary/aromatic N) is 1. The highest BCUT2D eigenvalue weighted by Gasteiger charge is 2.25. The molecule has 0 aromatic rings. The van der Waals surface area contributed by atoms with Gasteiger partial charge in [-0.15, -0.1) is 0 Å². The molecule has 0 bridgehead atoms. The Bertz CT molecular complexity index is 119. The fourth-order valence-electron chi connectivity index (χ4n) is 0.594. The van der Waals surface area contributed by atoms with E-state index in [9.17, 15) is 4.79 Å². The SMILES string of the molecule is CC(C)C(C(=O)O)N(Br)Br. The van der Waals surface area contributed by atoms with Gasteiger partial charge in [-0.1, -0.05) is 13.8 Å². The molecule has 0 fully saturated rings. The molecule has 1 atom stereocenters. The molecule has 10 heavy (non-hydrogen) atoms. The summed E-state index contributed by atoms with van der Waals surface area (Å²) >= 11 is 6.02. The number of aliphatic carboxylic acids is 1. The molecule has 0 heterocycles. The number of carboxylic acid groups (broad SMARTS) is 1. The van der Waals surface area contributed by atoms with E-state index in [0.717, 1.165) is 0 Å². The molecule has 0 radical (unpaired) electrons. The van der Waals surface area contributed by atoms with Crippen LogP contribution in [-0.4, -0.2) is 20.1 Å². The topological polar surface area (TPSA) is 40.5 Å². The van der Waals surface area contributed by atoms with E-state index in [1.165, 1.54) is 2.95 Å². The molecule has 0 spiro atoms. The Morgan fingerprint density at radius 2 is 1.90 bits per heavy atom. The maximum Gasteiger partial charge on any atom is 0.323 e. The zero-order chi connectivity index (χ0) is 8.31. The number of carbonyl (C=O) groups is 1. The van der Waals surface area contributed by atoms with Crippen molar-refractivity contribution in [3.8, 4) is 0 Å². The van der Waals surface area contributed by atoms with Crippen LogP contribution < -0.4 is 0 Å². The summed E-state index contributed by atoms with van der Waals surface area (Å²) in [4.78, 5) is 10.5. The second kappa shape index (κ2) is 4.31. The minimum absolute atomic E-state index is 0.0660. The van der Waals surface area contributed by atoms with Crippen LogP contribution in [0.2, 0.25) is 0 Å². The highest BCUT2D eigenvalue weighted by atomic mass is 79.9. The van der Waals surface area contributed by atoms with Crippen LogP contribution in [-0.2, 0) is 4.79 Å². The molecule has 3 nitrogen and oxygen atoms in total. The summed E-state index contributed by atoms with van der Waals surface area (Å²) in [6, 6.07) is -0.528. The van der Waals surface area contributed by atoms with Gasteiger partial charge in [-0.3, -0.25) is 4.79 Å². The summed E-state index contributed by atoms with van der Waals surface area (Å²) < 4.78 is 1.34. The third kappa shape index (κ3) is 2.98. The zero-order valence-corrected chi connectivity index (χ0v) is 8.89. The van der Waals surface area contributed by atoms with Gasteiger partial charge >= 0.3 is 5.97 Å². The summed E-state index contributed by atoms with van der Waals surface area (Å²) in [6.45, 7) is 3.68. The lowest BCUT2D eigenvalue weighted by Gasteiger charge is -2.18. The van der Waals surface area contributed by atoms with Crippen LogP contribution in [0.15, 0.2) is 0 Å². The van der Waals surface area contributed by atoms with Gasteiger partial charge in [0.1, 0.15) is 6.04 Å². The summed E-state index contributed by atoms with van der Waals surface area (Å²) in [5.41, 5.74) is 0. The predicted molar refractivity (Wildman–Crippen MR) is 46.0 cm³/mol. The molecule has 0 rings (SSSR count). The minimum atomic E-state index is -0.844. The molecular weight excluding hydrogens is 266 g/mol. The van der Waals surface area contributed by atoms with E-state index in [1.807, 2.05) is 13.8 Å². The van der Waals surface area contributed by atoms with Crippen LogP contribution in [0.25, 0.3) is 0 Å². The number of hydrogen-bond acceptors (Lipinski definition) is 2. The molecule has 5 heteroatoms. The van der Waals surface area contributed by atoms with Crippen LogP contribution in [0, 0.1) is 5.92 Å². The van der Waals surface area contributed by atoms with Crippen molar-refractivity contribution < 1.29 is 9.90 Å². The standard InChI is InChI=1S/C5H9Br2NO2/c1-3(2)4(5(9)10)8(6)7/h3-4H,1-2H3,(H,9,10). The first-order chi connectivity index (χ1) is 4.46. The lowest BCUT2D eigenvalue weighted by atomic mass is 10.1. The van der Waals surface area contributed by atoms with E-state index in [4.69, 9.17) is 5.11 Å². The normalized spacial score (nSPS) is 14.2. The first-order valence-electron chi connectivity index (χ1n) is 2.80. The number of halogens is 2. The highest BCUT2D eigenvalue weighted by molar-refractivity contribution is 9.21. The van der Waals surface area contributed by atoms with E-state index in [-0.39, 0.29) is 5.92 Å². The molecule has 0 aliphatic heterocycles. The molecule has 1 unspecified atom stereocenters. The third-order valence-electron chi connectivity index (χ3n) is 1.09. The van der Waals surface area contributed by atoms with Crippen molar-refractivity contribution in [1.29, 1.82) is 0 Å². The summed E-state index contributed by atoms with van der Waals surface area (Å²) in [5.74, 6) is -0.778. The van der Waals surface area contributed by atoms with Gasteiger partial charge in [-0.05, 0) is 5.92 Å². The molecule has 0 aliphatic rings. The van der Waals surface area contributed by atoms with Crippen LogP contribution in [0.4, 0.5) is 0 Å². The second-order valence-electron chi connectivity index (χ2n) is 2.29. The maximum absolute atomic E-state index is 10.5. The lowest BCUT2D eigenvalue weighted by Crippen LogP contribution is -2.33. The van der Waals surface area contributed by atoms with E-state index in [0.29, 0.717) is 0 Å². The molecule has 0 aromatic heterocycles. The first-order valence-corrected chi connectivity index (χ1v) is 4.22. The number of hydrogen-bond donors (Lipinski definition) is 1. The number of carboxylic acids is 1. The Morgan fingerprint density at radius 3 is 1.90 bits per heavy atom. The van der Waals surface area contributed by atoms with E-state index >= 15 is 0 Å². The molecule has 1 N–H and O–H groups in total. The average molecular weight is 275 g/mol. The number of rotatable bonds is 3. The predicted octanol–water partition coefficient (Wildman–Crippen LogP) is 2.02. The van der Waals surface area contributed by atoms with E-state index in [2.05, 4.69) is 32.3 Å². The van der Waals surface area contributed by atoms with Crippen molar-refractivity contribution in [2.24, 2.45) is 5.92 Å². The smallest absolute Gasteiger partial charge is 0.323 e. The van der Waals surface area contributed by atoms with Gasteiger partial charge in [-0.2, -0.15) is 2.95 Å². The Hall–Kier alpha value is 0.390. The van der Waals surface area contributed by atoms with E-state index < -0.39 is 12.0 Å². The quantitative estimate of drug-likeness (QED) is 0.801. The van der Waals surface area contributed by atoms with Gasteiger partial charge in [0.05, 0.1) is 0 Å². The monoisotopic (exact) mass is 273 g/mol. The molecule has 60 valence electrons. The Labute approximate surface area is 77.1 Å².